The van der Waals surface area contributed by atoms with Gasteiger partial charge in [0.1, 0.15) is 11.6 Å². The van der Waals surface area contributed by atoms with E-state index in [1.54, 1.807) is 18.2 Å². The van der Waals surface area contributed by atoms with Crippen molar-refractivity contribution in [2.24, 2.45) is 0 Å². The predicted molar refractivity (Wildman–Crippen MR) is 86.8 cm³/mol. The molecule has 4 nitrogen and oxygen atoms in total. The van der Waals surface area contributed by atoms with Gasteiger partial charge in [-0.15, -0.1) is 0 Å². The summed E-state index contributed by atoms with van der Waals surface area (Å²) in [6.07, 6.45) is 1.33. The van der Waals surface area contributed by atoms with Gasteiger partial charge in [0.15, 0.2) is 0 Å². The molecule has 0 amide bonds. The minimum Gasteiger partial charge on any atom is -0.497 e. The summed E-state index contributed by atoms with van der Waals surface area (Å²) in [6, 6.07) is 10.4. The number of nitrogens with zero attached hydrogens (tertiary/aromatic N) is 1. The second-order valence-electron chi connectivity index (χ2n) is 5.64. The predicted octanol–water partition coefficient (Wildman–Crippen LogP) is 3.36. The molecule has 1 aliphatic heterocycles. The van der Waals surface area contributed by atoms with E-state index in [1.165, 1.54) is 35.7 Å². The van der Waals surface area contributed by atoms with Gasteiger partial charge < -0.3 is 4.74 Å². The topological polar surface area (TPSA) is 46.6 Å². The minimum absolute atomic E-state index is 0.180. The molecule has 1 heterocycles. The molecule has 122 valence electrons. The van der Waals surface area contributed by atoms with E-state index >= 15 is 0 Å². The fourth-order valence-corrected chi connectivity index (χ4v) is 4.64. The van der Waals surface area contributed by atoms with Crippen LogP contribution >= 0.6 is 0 Å². The molecule has 1 atom stereocenters. The molecular formula is C17H18FNO3S. The molecule has 0 aromatic heterocycles. The number of hydrogen-bond acceptors (Lipinski definition) is 3. The van der Waals surface area contributed by atoms with E-state index in [9.17, 15) is 12.8 Å². The Labute approximate surface area is 135 Å². The molecule has 1 aliphatic rings. The lowest BCUT2D eigenvalue weighted by atomic mass is 9.99. The standard InChI is InChI=1S/C17H18FNO3S/c1-12-3-4-13-11-14(18)5-10-17(13)19(12)23(20,21)16-8-6-15(22-2)7-9-16/h5-12H,3-4H2,1-2H3/t12-/m1/s1. The molecule has 0 fully saturated rings. The Morgan fingerprint density at radius 1 is 1.17 bits per heavy atom. The first kappa shape index (κ1) is 15.8. The minimum atomic E-state index is -3.71. The van der Waals surface area contributed by atoms with Crippen LogP contribution < -0.4 is 9.04 Å². The van der Waals surface area contributed by atoms with Crippen molar-refractivity contribution in [3.63, 3.8) is 0 Å². The van der Waals surface area contributed by atoms with E-state index in [4.69, 9.17) is 4.74 Å². The number of sulfonamides is 1. The van der Waals surface area contributed by atoms with E-state index in [0.29, 0.717) is 24.3 Å². The molecule has 0 bridgehead atoms. The molecule has 0 spiro atoms. The van der Waals surface area contributed by atoms with Crippen molar-refractivity contribution < 1.29 is 17.5 Å². The van der Waals surface area contributed by atoms with Crippen molar-refractivity contribution in [2.45, 2.75) is 30.7 Å². The smallest absolute Gasteiger partial charge is 0.264 e. The third kappa shape index (κ3) is 2.79. The van der Waals surface area contributed by atoms with Crippen LogP contribution in [-0.4, -0.2) is 21.6 Å². The summed E-state index contributed by atoms with van der Waals surface area (Å²) in [6.45, 7) is 1.87. The Bertz CT molecular complexity index is 818. The molecule has 2 aromatic rings. The highest BCUT2D eigenvalue weighted by atomic mass is 32.2. The average Bonchev–Trinajstić information content (AvgIpc) is 2.54. The lowest BCUT2D eigenvalue weighted by molar-refractivity contribution is 0.414. The van der Waals surface area contributed by atoms with Crippen LogP contribution in [0.3, 0.4) is 0 Å². The van der Waals surface area contributed by atoms with Gasteiger partial charge in [-0.3, -0.25) is 4.31 Å². The number of halogens is 1. The zero-order valence-corrected chi connectivity index (χ0v) is 13.8. The van der Waals surface area contributed by atoms with E-state index < -0.39 is 10.0 Å². The highest BCUT2D eigenvalue weighted by molar-refractivity contribution is 7.92. The van der Waals surface area contributed by atoms with Crippen LogP contribution in [0, 0.1) is 5.82 Å². The summed E-state index contributed by atoms with van der Waals surface area (Å²) in [5, 5.41) is 0. The average molecular weight is 335 g/mol. The van der Waals surface area contributed by atoms with Gasteiger partial charge in [0.25, 0.3) is 10.0 Å². The molecule has 23 heavy (non-hydrogen) atoms. The summed E-state index contributed by atoms with van der Waals surface area (Å²) in [7, 11) is -2.18. The second kappa shape index (κ2) is 5.85. The maximum Gasteiger partial charge on any atom is 0.264 e. The first-order chi connectivity index (χ1) is 10.9. The Balaban J connectivity index is 2.08. The molecule has 0 saturated heterocycles. The van der Waals surface area contributed by atoms with Crippen LogP contribution in [0.2, 0.25) is 0 Å². The molecule has 0 radical (unpaired) electrons. The number of ether oxygens (including phenoxy) is 1. The zero-order chi connectivity index (χ0) is 16.6. The van der Waals surface area contributed by atoms with Crippen molar-refractivity contribution in [3.8, 4) is 5.75 Å². The normalized spacial score (nSPS) is 17.7. The fraction of sp³-hybridized carbons (Fsp3) is 0.294. The fourth-order valence-electron chi connectivity index (χ4n) is 2.92. The van der Waals surface area contributed by atoms with Gasteiger partial charge in [-0.1, -0.05) is 0 Å². The Hall–Kier alpha value is -2.08. The van der Waals surface area contributed by atoms with Crippen molar-refractivity contribution in [2.75, 3.05) is 11.4 Å². The van der Waals surface area contributed by atoms with Crippen molar-refractivity contribution in [3.05, 3.63) is 53.8 Å². The van der Waals surface area contributed by atoms with Gasteiger partial charge >= 0.3 is 0 Å². The Morgan fingerprint density at radius 3 is 2.52 bits per heavy atom. The number of rotatable bonds is 3. The molecule has 6 heteroatoms. The van der Waals surface area contributed by atoms with Crippen LogP contribution in [-0.2, 0) is 16.4 Å². The van der Waals surface area contributed by atoms with E-state index in [1.807, 2.05) is 6.92 Å². The largest absolute Gasteiger partial charge is 0.497 e. The van der Waals surface area contributed by atoms with Gasteiger partial charge in [0.05, 0.1) is 17.7 Å². The summed E-state index contributed by atoms with van der Waals surface area (Å²) >= 11 is 0. The molecule has 3 rings (SSSR count). The molecule has 0 unspecified atom stereocenters. The SMILES string of the molecule is COc1ccc(S(=O)(=O)N2c3ccc(F)cc3CC[C@H]2C)cc1. The maximum absolute atomic E-state index is 13.4. The van der Waals surface area contributed by atoms with Crippen molar-refractivity contribution in [1.82, 2.24) is 0 Å². The number of methoxy groups -OCH3 is 1. The summed E-state index contributed by atoms with van der Waals surface area (Å²) in [5.41, 5.74) is 1.28. The molecular weight excluding hydrogens is 317 g/mol. The van der Waals surface area contributed by atoms with Gasteiger partial charge in [-0.25, -0.2) is 12.8 Å². The third-order valence-corrected chi connectivity index (χ3v) is 6.07. The molecule has 2 aromatic carbocycles. The number of aryl methyl sites for hydroxylation is 1. The molecule has 0 saturated carbocycles. The van der Waals surface area contributed by atoms with E-state index in [0.717, 1.165) is 5.56 Å². The maximum atomic E-state index is 13.4. The lowest BCUT2D eigenvalue weighted by Crippen LogP contribution is -2.42. The number of hydrogen-bond donors (Lipinski definition) is 0. The first-order valence-electron chi connectivity index (χ1n) is 7.40. The van der Waals surface area contributed by atoms with Gasteiger partial charge in [-0.05, 0) is 67.8 Å². The van der Waals surface area contributed by atoms with Crippen molar-refractivity contribution >= 4 is 15.7 Å². The Morgan fingerprint density at radius 2 is 1.87 bits per heavy atom. The Kier molecular flexibility index (Phi) is 4.02. The zero-order valence-electron chi connectivity index (χ0n) is 13.0. The van der Waals surface area contributed by atoms with Gasteiger partial charge in [0.2, 0.25) is 0 Å². The summed E-state index contributed by atoms with van der Waals surface area (Å²) < 4.78 is 46.0. The van der Waals surface area contributed by atoms with Crippen LogP contribution in [0.25, 0.3) is 0 Å². The highest BCUT2D eigenvalue weighted by Gasteiger charge is 2.33. The van der Waals surface area contributed by atoms with Crippen LogP contribution in [0.1, 0.15) is 18.9 Å². The number of anilines is 1. The van der Waals surface area contributed by atoms with Crippen molar-refractivity contribution in [1.29, 1.82) is 0 Å². The van der Waals surface area contributed by atoms with Crippen LogP contribution in [0.4, 0.5) is 10.1 Å². The monoisotopic (exact) mass is 335 g/mol. The first-order valence-corrected chi connectivity index (χ1v) is 8.84. The van der Waals surface area contributed by atoms with Gasteiger partial charge in [0, 0.05) is 6.04 Å². The number of benzene rings is 2. The number of fused-ring (bicyclic) bond motifs is 1. The van der Waals surface area contributed by atoms with Crippen LogP contribution in [0.15, 0.2) is 47.4 Å². The van der Waals surface area contributed by atoms with Gasteiger partial charge in [-0.2, -0.15) is 0 Å². The second-order valence-corrected chi connectivity index (χ2v) is 7.45. The summed E-state index contributed by atoms with van der Waals surface area (Å²) in [4.78, 5) is 0.197. The third-order valence-electron chi connectivity index (χ3n) is 4.13. The highest BCUT2D eigenvalue weighted by Crippen LogP contribution is 2.35. The lowest BCUT2D eigenvalue weighted by Gasteiger charge is -2.36. The molecule has 0 N–H and O–H groups in total. The van der Waals surface area contributed by atoms with E-state index in [2.05, 4.69) is 0 Å². The molecule has 0 aliphatic carbocycles. The van der Waals surface area contributed by atoms with Crippen LogP contribution in [0.5, 0.6) is 5.75 Å². The van der Waals surface area contributed by atoms with E-state index in [-0.39, 0.29) is 16.8 Å². The summed E-state index contributed by atoms with van der Waals surface area (Å²) in [5.74, 6) is 0.248. The quantitative estimate of drug-likeness (QED) is 0.864.